The number of fused-ring (bicyclic) bond motifs is 1. The first-order valence-corrected chi connectivity index (χ1v) is 10.0. The molecule has 3 rings (SSSR count). The third-order valence-corrected chi connectivity index (χ3v) is 5.83. The lowest BCUT2D eigenvalue weighted by atomic mass is 9.81. The van der Waals surface area contributed by atoms with Crippen LogP contribution >= 0.6 is 12.4 Å². The number of carbonyl (C=O) groups is 1. The molecule has 0 spiro atoms. The molecule has 2 unspecified atom stereocenters. The molecule has 1 N–H and O–H groups in total. The van der Waals surface area contributed by atoms with Crippen LogP contribution in [0.5, 0.6) is 0 Å². The zero-order valence-corrected chi connectivity index (χ0v) is 18.3. The molecule has 0 saturated carbocycles. The van der Waals surface area contributed by atoms with Gasteiger partial charge in [0.15, 0.2) is 0 Å². The summed E-state index contributed by atoms with van der Waals surface area (Å²) in [5, 5.41) is 9.35. The lowest BCUT2D eigenvalue weighted by Crippen LogP contribution is -2.39. The van der Waals surface area contributed by atoms with E-state index in [-0.39, 0.29) is 12.4 Å². The summed E-state index contributed by atoms with van der Waals surface area (Å²) in [7, 11) is 1.75. The van der Waals surface area contributed by atoms with Crippen LogP contribution < -0.4 is 0 Å². The Bertz CT molecular complexity index is 906. The number of rotatable bonds is 8. The number of aliphatic carboxylic acids is 1. The minimum absolute atomic E-state index is 0. The highest BCUT2D eigenvalue weighted by molar-refractivity contribution is 5.85. The summed E-state index contributed by atoms with van der Waals surface area (Å²) in [5.74, 6) is -0.880. The summed E-state index contributed by atoms with van der Waals surface area (Å²) in [6.45, 7) is 2.64. The van der Waals surface area contributed by atoms with Gasteiger partial charge in [-0.3, -0.25) is 9.69 Å². The van der Waals surface area contributed by atoms with E-state index in [1.807, 2.05) is 31.2 Å². The van der Waals surface area contributed by atoms with Crippen LogP contribution in [0.3, 0.4) is 0 Å². The Morgan fingerprint density at radius 1 is 1.23 bits per heavy atom. The minimum atomic E-state index is -4.44. The zero-order chi connectivity index (χ0) is 21.9. The lowest BCUT2D eigenvalue weighted by Gasteiger charge is -2.32. The van der Waals surface area contributed by atoms with Crippen molar-refractivity contribution in [3.05, 3.63) is 70.8 Å². The van der Waals surface area contributed by atoms with Gasteiger partial charge < -0.3 is 9.84 Å². The summed E-state index contributed by atoms with van der Waals surface area (Å²) in [6, 6.07) is 12.3. The van der Waals surface area contributed by atoms with E-state index in [4.69, 9.17) is 4.74 Å². The second kappa shape index (κ2) is 10.0. The molecule has 170 valence electrons. The quantitative estimate of drug-likeness (QED) is 0.570. The molecule has 2 atom stereocenters. The topological polar surface area (TPSA) is 49.8 Å². The van der Waals surface area contributed by atoms with Crippen LogP contribution in [0.25, 0.3) is 0 Å². The van der Waals surface area contributed by atoms with E-state index in [2.05, 4.69) is 0 Å². The molecule has 2 aromatic carbocycles. The molecule has 1 aliphatic heterocycles. The second-order valence-corrected chi connectivity index (χ2v) is 7.70. The predicted octanol–water partition coefficient (Wildman–Crippen LogP) is 5.48. The summed E-state index contributed by atoms with van der Waals surface area (Å²) in [5.41, 5.74) is 0.609. The number of ether oxygens (including phenoxy) is 1. The second-order valence-electron chi connectivity index (χ2n) is 7.70. The summed E-state index contributed by atoms with van der Waals surface area (Å²) in [4.78, 5) is 13.2. The lowest BCUT2D eigenvalue weighted by molar-refractivity contribution is -0.143. The smallest absolute Gasteiger partial charge is 0.416 e. The van der Waals surface area contributed by atoms with Gasteiger partial charge in [-0.15, -0.1) is 12.4 Å². The standard InChI is InChI=1S/C23H26F3NO3.ClH/c1-3-20(21(28)29)27(2)13-7-12-22(19-11-5-4-8-16(19)15-30-22)17-9-6-10-18(14-17)23(24,25)26;/h4-6,8-11,14,20H,3,7,12-13,15H2,1-2H3,(H,28,29);1H. The highest BCUT2D eigenvalue weighted by Gasteiger charge is 2.42. The first kappa shape index (κ1) is 25.2. The van der Waals surface area contributed by atoms with Gasteiger partial charge in [0.1, 0.15) is 11.6 Å². The van der Waals surface area contributed by atoms with E-state index < -0.39 is 29.4 Å². The molecule has 31 heavy (non-hydrogen) atoms. The first-order chi connectivity index (χ1) is 14.2. The van der Waals surface area contributed by atoms with Crippen molar-refractivity contribution in [1.82, 2.24) is 4.90 Å². The van der Waals surface area contributed by atoms with Crippen LogP contribution in [-0.4, -0.2) is 35.6 Å². The molecule has 0 fully saturated rings. The van der Waals surface area contributed by atoms with Gasteiger partial charge in [0.05, 0.1) is 12.2 Å². The fraction of sp³-hybridized carbons (Fsp3) is 0.435. The molecule has 0 saturated heterocycles. The van der Waals surface area contributed by atoms with Crippen molar-refractivity contribution in [2.24, 2.45) is 0 Å². The van der Waals surface area contributed by atoms with Gasteiger partial charge in [0.2, 0.25) is 0 Å². The van der Waals surface area contributed by atoms with Crippen molar-refractivity contribution in [3.8, 4) is 0 Å². The van der Waals surface area contributed by atoms with E-state index in [0.717, 1.165) is 23.3 Å². The minimum Gasteiger partial charge on any atom is -0.480 e. The summed E-state index contributed by atoms with van der Waals surface area (Å²) < 4.78 is 46.2. The van der Waals surface area contributed by atoms with Crippen molar-refractivity contribution in [1.29, 1.82) is 0 Å². The van der Waals surface area contributed by atoms with Crippen LogP contribution in [-0.2, 0) is 27.9 Å². The molecular weight excluding hydrogens is 431 g/mol. The van der Waals surface area contributed by atoms with Crippen molar-refractivity contribution in [3.63, 3.8) is 0 Å². The predicted molar refractivity (Wildman–Crippen MR) is 114 cm³/mol. The Morgan fingerprint density at radius 3 is 2.58 bits per heavy atom. The summed E-state index contributed by atoms with van der Waals surface area (Å²) >= 11 is 0. The highest BCUT2D eigenvalue weighted by atomic mass is 35.5. The van der Waals surface area contributed by atoms with Crippen LogP contribution in [0.1, 0.15) is 48.4 Å². The number of carboxylic acids is 1. The van der Waals surface area contributed by atoms with Crippen molar-refractivity contribution in [2.45, 2.75) is 50.6 Å². The van der Waals surface area contributed by atoms with Gasteiger partial charge in [-0.05, 0) is 61.7 Å². The molecule has 1 aliphatic rings. The molecule has 0 aliphatic carbocycles. The van der Waals surface area contributed by atoms with Crippen LogP contribution in [0.15, 0.2) is 48.5 Å². The normalized spacial score (nSPS) is 19.0. The molecular formula is C23H27ClF3NO3. The maximum Gasteiger partial charge on any atom is 0.416 e. The van der Waals surface area contributed by atoms with Gasteiger partial charge in [-0.25, -0.2) is 0 Å². The SMILES string of the molecule is CCC(C(=O)O)N(C)CCCC1(c2cccc(C(F)(F)F)c2)OCc2ccccc21.Cl. The van der Waals surface area contributed by atoms with Crippen LogP contribution in [0, 0.1) is 0 Å². The first-order valence-electron chi connectivity index (χ1n) is 10.0. The van der Waals surface area contributed by atoms with E-state index in [1.54, 1.807) is 18.0 Å². The van der Waals surface area contributed by atoms with Gasteiger partial charge >= 0.3 is 12.1 Å². The Balaban J connectivity index is 0.00000341. The maximum absolute atomic E-state index is 13.3. The number of hydrogen-bond acceptors (Lipinski definition) is 3. The number of hydrogen-bond donors (Lipinski definition) is 1. The van der Waals surface area contributed by atoms with E-state index in [0.29, 0.717) is 38.0 Å². The zero-order valence-electron chi connectivity index (χ0n) is 17.5. The van der Waals surface area contributed by atoms with Gasteiger partial charge in [0.25, 0.3) is 0 Å². The Kier molecular flexibility index (Phi) is 8.14. The van der Waals surface area contributed by atoms with E-state index >= 15 is 0 Å². The molecule has 2 aromatic rings. The fourth-order valence-electron chi connectivity index (χ4n) is 4.26. The van der Waals surface area contributed by atoms with Gasteiger partial charge in [-0.1, -0.05) is 43.3 Å². The van der Waals surface area contributed by atoms with Gasteiger partial charge in [-0.2, -0.15) is 13.2 Å². The third-order valence-electron chi connectivity index (χ3n) is 5.83. The molecule has 0 amide bonds. The van der Waals surface area contributed by atoms with Gasteiger partial charge in [0, 0.05) is 0 Å². The molecule has 4 nitrogen and oxygen atoms in total. The number of alkyl halides is 3. The van der Waals surface area contributed by atoms with Crippen molar-refractivity contribution >= 4 is 18.4 Å². The monoisotopic (exact) mass is 457 g/mol. The highest BCUT2D eigenvalue weighted by Crippen LogP contribution is 2.46. The average Bonchev–Trinajstić information content (AvgIpc) is 3.08. The number of nitrogens with zero attached hydrogens (tertiary/aromatic N) is 1. The largest absolute Gasteiger partial charge is 0.480 e. The maximum atomic E-state index is 13.3. The number of carboxylic acid groups (broad SMARTS) is 1. The summed E-state index contributed by atoms with van der Waals surface area (Å²) in [6.07, 6.45) is -2.94. The van der Waals surface area contributed by atoms with Crippen LogP contribution in [0.2, 0.25) is 0 Å². The fourth-order valence-corrected chi connectivity index (χ4v) is 4.26. The van der Waals surface area contributed by atoms with Crippen LogP contribution in [0.4, 0.5) is 13.2 Å². The number of likely N-dealkylation sites (N-methyl/N-ethyl adjacent to an activating group) is 1. The van der Waals surface area contributed by atoms with E-state index in [9.17, 15) is 23.1 Å². The number of benzene rings is 2. The molecule has 0 aromatic heterocycles. The Morgan fingerprint density at radius 2 is 1.94 bits per heavy atom. The van der Waals surface area contributed by atoms with Crippen molar-refractivity contribution in [2.75, 3.05) is 13.6 Å². The van der Waals surface area contributed by atoms with E-state index in [1.165, 1.54) is 6.07 Å². The molecule has 0 bridgehead atoms. The average molecular weight is 458 g/mol. The third kappa shape index (κ3) is 5.22. The molecule has 0 radical (unpaired) electrons. The Hall–Kier alpha value is -2.09. The molecule has 1 heterocycles. The molecule has 8 heteroatoms. The number of halogens is 4. The van der Waals surface area contributed by atoms with Crippen molar-refractivity contribution < 1.29 is 27.8 Å². The Labute approximate surface area is 186 Å².